The van der Waals surface area contributed by atoms with Crippen LogP contribution in [0.25, 0.3) is 11.0 Å². The highest BCUT2D eigenvalue weighted by Gasteiger charge is 2.11. The van der Waals surface area contributed by atoms with Gasteiger partial charge in [0.05, 0.1) is 17.6 Å². The van der Waals surface area contributed by atoms with Gasteiger partial charge in [0.1, 0.15) is 5.75 Å². The number of carbonyl (C=O) groups is 1. The van der Waals surface area contributed by atoms with Crippen LogP contribution in [-0.4, -0.2) is 21.6 Å². The first-order chi connectivity index (χ1) is 12.9. The summed E-state index contributed by atoms with van der Waals surface area (Å²) in [4.78, 5) is 36.4. The number of hydrogen-bond acceptors (Lipinski definition) is 4. The number of benzene rings is 2. The summed E-state index contributed by atoms with van der Waals surface area (Å²) in [5.41, 5.74) is 0.991. The second-order valence-corrected chi connectivity index (χ2v) is 6.26. The predicted octanol–water partition coefficient (Wildman–Crippen LogP) is 2.28. The summed E-state index contributed by atoms with van der Waals surface area (Å²) in [6.07, 6.45) is 0.915. The third-order valence-corrected chi connectivity index (χ3v) is 4.34. The van der Waals surface area contributed by atoms with Crippen molar-refractivity contribution >= 4 is 22.6 Å². The molecule has 7 nitrogen and oxygen atoms in total. The third-order valence-electron chi connectivity index (χ3n) is 4.34. The molecule has 0 saturated heterocycles. The van der Waals surface area contributed by atoms with E-state index in [2.05, 4.69) is 5.32 Å². The molecular weight excluding hydrogens is 346 g/mol. The van der Waals surface area contributed by atoms with Gasteiger partial charge in [-0.15, -0.1) is 0 Å². The maximum Gasteiger partial charge on any atom is 0.316 e. The fraction of sp³-hybridized carbons (Fsp3) is 0.250. The van der Waals surface area contributed by atoms with E-state index >= 15 is 0 Å². The fourth-order valence-electron chi connectivity index (χ4n) is 2.78. The molecule has 1 amide bonds. The zero-order valence-corrected chi connectivity index (χ0v) is 15.5. The van der Waals surface area contributed by atoms with Gasteiger partial charge in [0, 0.05) is 25.3 Å². The zero-order chi connectivity index (χ0) is 19.6. The number of fused-ring (bicyclic) bond motifs is 1. The maximum atomic E-state index is 12.5. The summed E-state index contributed by atoms with van der Waals surface area (Å²) < 4.78 is 8.10. The summed E-state index contributed by atoms with van der Waals surface area (Å²) in [5.74, 6) is 0.446. The second kappa shape index (κ2) is 7.49. The van der Waals surface area contributed by atoms with Crippen LogP contribution in [0.4, 0.5) is 5.69 Å². The van der Waals surface area contributed by atoms with Crippen molar-refractivity contribution < 1.29 is 9.53 Å². The zero-order valence-electron chi connectivity index (χ0n) is 15.5. The van der Waals surface area contributed by atoms with Crippen LogP contribution < -0.4 is 21.2 Å². The van der Waals surface area contributed by atoms with E-state index in [4.69, 9.17) is 4.74 Å². The van der Waals surface area contributed by atoms with Crippen LogP contribution in [0.1, 0.15) is 23.7 Å². The summed E-state index contributed by atoms with van der Waals surface area (Å²) >= 11 is 0. The van der Waals surface area contributed by atoms with Crippen molar-refractivity contribution in [1.82, 2.24) is 9.13 Å². The maximum absolute atomic E-state index is 12.5. The molecule has 0 radical (unpaired) electrons. The van der Waals surface area contributed by atoms with Crippen LogP contribution in [0, 0.1) is 0 Å². The van der Waals surface area contributed by atoms with Gasteiger partial charge in [0.25, 0.3) is 5.91 Å². The van der Waals surface area contributed by atoms with E-state index in [0.717, 1.165) is 12.2 Å². The fourth-order valence-corrected chi connectivity index (χ4v) is 2.78. The molecule has 7 heteroatoms. The summed E-state index contributed by atoms with van der Waals surface area (Å²) in [7, 11) is 3.08. The quantitative estimate of drug-likeness (QED) is 0.702. The molecule has 1 N–H and O–H groups in total. The summed E-state index contributed by atoms with van der Waals surface area (Å²) in [6.45, 7) is 2.66. The van der Waals surface area contributed by atoms with Crippen LogP contribution >= 0.6 is 0 Å². The first kappa shape index (κ1) is 18.4. The predicted molar refractivity (Wildman–Crippen MR) is 105 cm³/mol. The minimum Gasteiger partial charge on any atom is -0.494 e. The van der Waals surface area contributed by atoms with Crippen LogP contribution in [0.15, 0.2) is 52.1 Å². The van der Waals surface area contributed by atoms with E-state index in [0.29, 0.717) is 28.9 Å². The Morgan fingerprint density at radius 1 is 0.963 bits per heavy atom. The first-order valence-electron chi connectivity index (χ1n) is 8.66. The van der Waals surface area contributed by atoms with Crippen LogP contribution in [0.3, 0.4) is 0 Å². The van der Waals surface area contributed by atoms with Gasteiger partial charge in [0.2, 0.25) is 0 Å². The molecule has 0 spiro atoms. The topological polar surface area (TPSA) is 82.3 Å². The molecule has 0 aliphatic heterocycles. The second-order valence-electron chi connectivity index (χ2n) is 6.26. The molecule has 27 heavy (non-hydrogen) atoms. The number of aryl methyl sites for hydroxylation is 2. The number of aromatic nitrogens is 2. The lowest BCUT2D eigenvalue weighted by molar-refractivity contribution is 0.102. The Kier molecular flexibility index (Phi) is 5.12. The van der Waals surface area contributed by atoms with Crippen molar-refractivity contribution in [2.24, 2.45) is 14.1 Å². The number of ether oxygens (including phenoxy) is 1. The number of hydrogen-bond donors (Lipinski definition) is 1. The van der Waals surface area contributed by atoms with Gasteiger partial charge in [0.15, 0.2) is 0 Å². The van der Waals surface area contributed by atoms with E-state index in [1.54, 1.807) is 49.5 Å². The number of nitrogens with zero attached hydrogens (tertiary/aromatic N) is 2. The summed E-state index contributed by atoms with van der Waals surface area (Å²) in [5, 5.41) is 2.81. The largest absolute Gasteiger partial charge is 0.494 e. The molecule has 140 valence electrons. The molecule has 3 rings (SSSR count). The Morgan fingerprint density at radius 2 is 1.59 bits per heavy atom. The molecule has 0 aliphatic carbocycles. The molecule has 1 aromatic heterocycles. The Labute approximate surface area is 155 Å². The minimum atomic E-state index is -0.615. The minimum absolute atomic E-state index is 0.272. The van der Waals surface area contributed by atoms with Crippen molar-refractivity contribution in [2.75, 3.05) is 11.9 Å². The van der Waals surface area contributed by atoms with Crippen LogP contribution in [0.2, 0.25) is 0 Å². The van der Waals surface area contributed by atoms with Gasteiger partial charge in [-0.05, 0) is 48.9 Å². The number of anilines is 1. The number of nitrogens with one attached hydrogen (secondary N) is 1. The number of rotatable bonds is 5. The SMILES string of the molecule is CCCOc1ccc(C(=O)Nc2ccc3c(c2)n(C)c(=O)c(=O)n3C)cc1. The van der Waals surface area contributed by atoms with E-state index in [1.165, 1.54) is 16.2 Å². The molecule has 0 bridgehead atoms. The van der Waals surface area contributed by atoms with Crippen LogP contribution in [0.5, 0.6) is 5.75 Å². The number of carbonyl (C=O) groups excluding carboxylic acids is 1. The lowest BCUT2D eigenvalue weighted by Crippen LogP contribution is -2.39. The molecule has 3 aromatic rings. The Hall–Kier alpha value is -3.35. The highest BCUT2D eigenvalue weighted by atomic mass is 16.5. The molecule has 0 aliphatic rings. The van der Waals surface area contributed by atoms with E-state index < -0.39 is 11.1 Å². The normalized spacial score (nSPS) is 10.8. The summed E-state index contributed by atoms with van der Waals surface area (Å²) in [6, 6.07) is 12.0. The molecule has 0 fully saturated rings. The van der Waals surface area contributed by atoms with Gasteiger partial charge in [-0.25, -0.2) is 0 Å². The molecule has 0 atom stereocenters. The number of amides is 1. The molecular formula is C20H21N3O4. The molecule has 1 heterocycles. The lowest BCUT2D eigenvalue weighted by atomic mass is 10.2. The van der Waals surface area contributed by atoms with Crippen molar-refractivity contribution in [2.45, 2.75) is 13.3 Å². The highest BCUT2D eigenvalue weighted by molar-refractivity contribution is 6.05. The molecule has 2 aromatic carbocycles. The van der Waals surface area contributed by atoms with Crippen molar-refractivity contribution in [1.29, 1.82) is 0 Å². The lowest BCUT2D eigenvalue weighted by Gasteiger charge is -2.11. The van der Waals surface area contributed by atoms with Gasteiger partial charge in [-0.1, -0.05) is 6.92 Å². The smallest absolute Gasteiger partial charge is 0.316 e. The molecule has 0 saturated carbocycles. The Morgan fingerprint density at radius 3 is 2.22 bits per heavy atom. The van der Waals surface area contributed by atoms with Gasteiger partial charge >= 0.3 is 11.1 Å². The standard InChI is InChI=1S/C20H21N3O4/c1-4-11-27-15-8-5-13(6-9-15)18(24)21-14-7-10-16-17(12-14)23(3)20(26)19(25)22(16)2/h5-10,12H,4,11H2,1-3H3,(H,21,24). The first-order valence-corrected chi connectivity index (χ1v) is 8.66. The highest BCUT2D eigenvalue weighted by Crippen LogP contribution is 2.18. The van der Waals surface area contributed by atoms with Gasteiger partial charge < -0.3 is 19.2 Å². The Bertz CT molecular complexity index is 1110. The van der Waals surface area contributed by atoms with Crippen molar-refractivity contribution in [3.63, 3.8) is 0 Å². The van der Waals surface area contributed by atoms with E-state index in [1.807, 2.05) is 6.92 Å². The average molecular weight is 367 g/mol. The van der Waals surface area contributed by atoms with Crippen molar-refractivity contribution in [3.05, 3.63) is 68.7 Å². The van der Waals surface area contributed by atoms with Crippen LogP contribution in [-0.2, 0) is 14.1 Å². The Balaban J connectivity index is 1.87. The monoisotopic (exact) mass is 367 g/mol. The van der Waals surface area contributed by atoms with Gasteiger partial charge in [-0.3, -0.25) is 14.4 Å². The third kappa shape index (κ3) is 3.62. The average Bonchev–Trinajstić information content (AvgIpc) is 2.69. The van der Waals surface area contributed by atoms with Crippen molar-refractivity contribution in [3.8, 4) is 5.75 Å². The van der Waals surface area contributed by atoms with E-state index in [9.17, 15) is 14.4 Å². The van der Waals surface area contributed by atoms with Gasteiger partial charge in [-0.2, -0.15) is 0 Å². The van der Waals surface area contributed by atoms with E-state index in [-0.39, 0.29) is 5.91 Å². The molecule has 0 unspecified atom stereocenters.